The topological polar surface area (TPSA) is 46.6 Å². The number of hydrogen-bond acceptors (Lipinski definition) is 5. The van der Waals surface area contributed by atoms with E-state index in [0.717, 1.165) is 32.8 Å². The van der Waals surface area contributed by atoms with Crippen LogP contribution in [0.3, 0.4) is 0 Å². The van der Waals surface area contributed by atoms with E-state index in [0.29, 0.717) is 6.42 Å². The fraction of sp³-hybridized carbons (Fsp3) is 1.00. The SMILES string of the molecule is O=S(=O)([S-])CCCN1CCOCC1.[Na+]. The van der Waals surface area contributed by atoms with Gasteiger partial charge in [0.1, 0.15) is 0 Å². The Morgan fingerprint density at radius 2 is 1.86 bits per heavy atom. The van der Waals surface area contributed by atoms with Crippen molar-refractivity contribution >= 4 is 20.5 Å². The Morgan fingerprint density at radius 3 is 2.36 bits per heavy atom. The van der Waals surface area contributed by atoms with Crippen molar-refractivity contribution < 1.29 is 42.7 Å². The van der Waals surface area contributed by atoms with E-state index < -0.39 is 8.87 Å². The van der Waals surface area contributed by atoms with Crippen LogP contribution in [0.25, 0.3) is 0 Å². The van der Waals surface area contributed by atoms with Crippen LogP contribution in [-0.2, 0) is 25.3 Å². The summed E-state index contributed by atoms with van der Waals surface area (Å²) in [5, 5.41) is 0. The maximum Gasteiger partial charge on any atom is 1.00 e. The summed E-state index contributed by atoms with van der Waals surface area (Å²) >= 11 is 4.28. The van der Waals surface area contributed by atoms with E-state index >= 15 is 0 Å². The molecule has 4 nitrogen and oxygen atoms in total. The van der Waals surface area contributed by atoms with E-state index in [1.165, 1.54) is 0 Å². The largest absolute Gasteiger partial charge is 1.00 e. The molecule has 0 atom stereocenters. The Labute approximate surface area is 112 Å². The standard InChI is InChI=1S/C7H15NO3S2.Na/c9-13(10,12)7-1-2-8-3-5-11-6-4-8;/h1-7H2,(H,9,10,12);/q;+1/p-1. The summed E-state index contributed by atoms with van der Waals surface area (Å²) in [7, 11) is -3.20. The first-order valence-electron chi connectivity index (χ1n) is 4.31. The predicted octanol–water partition coefficient (Wildman–Crippen LogP) is -3.41. The minimum atomic E-state index is -3.20. The average molecular weight is 247 g/mol. The monoisotopic (exact) mass is 247 g/mol. The summed E-state index contributed by atoms with van der Waals surface area (Å²) in [6.07, 6.45) is 0.631. The Morgan fingerprint density at radius 1 is 1.29 bits per heavy atom. The summed E-state index contributed by atoms with van der Waals surface area (Å²) in [5.74, 6) is 0.111. The first kappa shape index (κ1) is 15.2. The zero-order valence-electron chi connectivity index (χ0n) is 8.44. The molecule has 78 valence electrons. The third-order valence-corrected chi connectivity index (χ3v) is 3.26. The van der Waals surface area contributed by atoms with Crippen LogP contribution in [0.1, 0.15) is 6.42 Å². The smallest absolute Gasteiger partial charge is 0.649 e. The number of morpholine rings is 1. The third-order valence-electron chi connectivity index (χ3n) is 1.97. The molecule has 1 aliphatic heterocycles. The van der Waals surface area contributed by atoms with Gasteiger partial charge >= 0.3 is 29.6 Å². The molecule has 0 aromatic rings. The van der Waals surface area contributed by atoms with E-state index in [9.17, 15) is 8.42 Å². The van der Waals surface area contributed by atoms with Gasteiger partial charge in [-0.3, -0.25) is 13.3 Å². The van der Waals surface area contributed by atoms with Gasteiger partial charge in [-0.25, -0.2) is 0 Å². The molecule has 1 saturated heterocycles. The van der Waals surface area contributed by atoms with Gasteiger partial charge in [0.2, 0.25) is 0 Å². The number of ether oxygens (including phenoxy) is 1. The first-order chi connectivity index (χ1) is 6.08. The van der Waals surface area contributed by atoms with Gasteiger partial charge in [-0.05, 0) is 13.0 Å². The molecule has 1 fully saturated rings. The maximum absolute atomic E-state index is 10.6. The molecule has 0 bridgehead atoms. The maximum atomic E-state index is 10.6. The molecule has 0 aliphatic carbocycles. The van der Waals surface area contributed by atoms with Crippen molar-refractivity contribution in [2.24, 2.45) is 0 Å². The van der Waals surface area contributed by atoms with Gasteiger partial charge in [-0.2, -0.15) is 0 Å². The van der Waals surface area contributed by atoms with Crippen molar-refractivity contribution in [1.82, 2.24) is 4.90 Å². The number of rotatable bonds is 4. The van der Waals surface area contributed by atoms with Crippen LogP contribution in [0.4, 0.5) is 0 Å². The van der Waals surface area contributed by atoms with Crippen molar-refractivity contribution in [1.29, 1.82) is 0 Å². The fourth-order valence-corrected chi connectivity index (χ4v) is 2.13. The predicted molar refractivity (Wildman–Crippen MR) is 53.0 cm³/mol. The van der Waals surface area contributed by atoms with Crippen LogP contribution < -0.4 is 29.6 Å². The minimum absolute atomic E-state index is 0. The van der Waals surface area contributed by atoms with E-state index in [4.69, 9.17) is 4.74 Å². The van der Waals surface area contributed by atoms with Gasteiger partial charge in [0.15, 0.2) is 0 Å². The summed E-state index contributed by atoms with van der Waals surface area (Å²) < 4.78 is 26.5. The van der Waals surface area contributed by atoms with Crippen LogP contribution in [-0.4, -0.2) is 51.9 Å². The van der Waals surface area contributed by atoms with Crippen LogP contribution >= 0.6 is 0 Å². The summed E-state index contributed by atoms with van der Waals surface area (Å²) in [6.45, 7) is 4.11. The number of nitrogens with zero attached hydrogens (tertiary/aromatic N) is 1. The van der Waals surface area contributed by atoms with E-state index in [2.05, 4.69) is 16.6 Å². The summed E-state index contributed by atoms with van der Waals surface area (Å²) in [5.41, 5.74) is 0. The molecule has 14 heavy (non-hydrogen) atoms. The number of hydrogen-bond donors (Lipinski definition) is 0. The second-order valence-corrected chi connectivity index (χ2v) is 6.12. The Hall–Kier alpha value is 1.22. The fourth-order valence-electron chi connectivity index (χ4n) is 1.29. The molecule has 0 aromatic heterocycles. The minimum Gasteiger partial charge on any atom is -0.649 e. The molecule has 1 rings (SSSR count). The normalized spacial score (nSPS) is 18.9. The summed E-state index contributed by atoms with van der Waals surface area (Å²) in [4.78, 5) is 2.20. The van der Waals surface area contributed by atoms with E-state index in [1.807, 2.05) is 0 Å². The molecule has 1 aliphatic rings. The first-order valence-corrected chi connectivity index (χ1v) is 6.89. The van der Waals surface area contributed by atoms with E-state index in [1.54, 1.807) is 0 Å². The molecular formula is C7H14NNaO3S2. The van der Waals surface area contributed by atoms with Gasteiger partial charge in [-0.15, -0.1) is 0 Å². The van der Waals surface area contributed by atoms with Crippen molar-refractivity contribution in [2.45, 2.75) is 6.42 Å². The van der Waals surface area contributed by atoms with Crippen molar-refractivity contribution in [3.8, 4) is 0 Å². The molecule has 0 aromatic carbocycles. The Kier molecular flexibility index (Phi) is 8.14. The van der Waals surface area contributed by atoms with Gasteiger partial charge in [0.25, 0.3) is 0 Å². The van der Waals surface area contributed by atoms with Gasteiger partial charge < -0.3 is 16.4 Å². The van der Waals surface area contributed by atoms with Crippen molar-refractivity contribution in [3.05, 3.63) is 0 Å². The molecule has 0 saturated carbocycles. The van der Waals surface area contributed by atoms with Crippen LogP contribution in [0.2, 0.25) is 0 Å². The second kappa shape index (κ2) is 7.49. The molecule has 0 unspecified atom stereocenters. The zero-order chi connectivity index (χ0) is 9.73. The molecule has 0 amide bonds. The van der Waals surface area contributed by atoms with Crippen molar-refractivity contribution in [3.63, 3.8) is 0 Å². The van der Waals surface area contributed by atoms with Gasteiger partial charge in [0.05, 0.1) is 13.2 Å². The molecule has 7 heteroatoms. The average Bonchev–Trinajstić information content (AvgIpc) is 2.04. The van der Waals surface area contributed by atoms with E-state index in [-0.39, 0.29) is 35.3 Å². The molecule has 0 radical (unpaired) electrons. The zero-order valence-corrected chi connectivity index (χ0v) is 12.1. The van der Waals surface area contributed by atoms with Crippen molar-refractivity contribution in [2.75, 3.05) is 38.6 Å². The molecule has 1 heterocycles. The molecular weight excluding hydrogens is 233 g/mol. The quantitative estimate of drug-likeness (QED) is 0.294. The van der Waals surface area contributed by atoms with Crippen LogP contribution in [0.5, 0.6) is 0 Å². The Balaban J connectivity index is 0.00000169. The molecule has 0 spiro atoms. The third kappa shape index (κ3) is 7.50. The van der Waals surface area contributed by atoms with Gasteiger partial charge in [0, 0.05) is 27.7 Å². The molecule has 0 N–H and O–H groups in total. The van der Waals surface area contributed by atoms with Gasteiger partial charge in [-0.1, -0.05) is 0 Å². The van der Waals surface area contributed by atoms with Crippen LogP contribution in [0, 0.1) is 0 Å². The van der Waals surface area contributed by atoms with Crippen LogP contribution in [0.15, 0.2) is 0 Å². The Bertz CT molecular complexity index is 239. The summed E-state index contributed by atoms with van der Waals surface area (Å²) in [6, 6.07) is 0. The second-order valence-electron chi connectivity index (χ2n) is 3.07.